The monoisotopic (exact) mass is 900 g/mol. The fraction of sp³-hybridized carbons (Fsp3) is 0.154. The molecule has 16 heteroatoms. The minimum absolute atomic E-state index is 0.114. The molecule has 0 atom stereocenters. The number of fused-ring (bicyclic) bond motifs is 14. The lowest BCUT2D eigenvalue weighted by Crippen LogP contribution is -1.96. The third kappa shape index (κ3) is 7.66. The molecule has 336 valence electrons. The molecule has 0 spiro atoms. The summed E-state index contributed by atoms with van der Waals surface area (Å²) in [7, 11) is 0. The highest BCUT2D eigenvalue weighted by Gasteiger charge is 2.21. The van der Waals surface area contributed by atoms with Crippen LogP contribution in [0.25, 0.3) is 67.2 Å². The fourth-order valence-corrected chi connectivity index (χ4v) is 8.45. The lowest BCUT2D eigenvalue weighted by Gasteiger charge is -2.17. The predicted octanol–water partition coefficient (Wildman–Crippen LogP) is 12.4. The van der Waals surface area contributed by atoms with Gasteiger partial charge in [0.2, 0.25) is 11.6 Å². The Morgan fingerprint density at radius 3 is 0.838 bits per heavy atom. The normalized spacial score (nSPS) is 11.5. The van der Waals surface area contributed by atoms with Crippen molar-refractivity contribution in [2.75, 3.05) is 0 Å². The molecule has 0 unspecified atom stereocenters. The largest absolute Gasteiger partial charge is 0.453 e. The molecule has 8 bridgehead atoms. The average Bonchev–Trinajstić information content (AvgIpc) is 4.10. The summed E-state index contributed by atoms with van der Waals surface area (Å²) in [5.41, 5.74) is 9.39. The molecular formula is C52H44N12O4. The first kappa shape index (κ1) is 41.8. The summed E-state index contributed by atoms with van der Waals surface area (Å²) in [5.74, 6) is 5.34. The molecule has 0 fully saturated rings. The van der Waals surface area contributed by atoms with E-state index in [0.29, 0.717) is 78.6 Å². The van der Waals surface area contributed by atoms with Gasteiger partial charge in [0, 0.05) is 21.5 Å². The van der Waals surface area contributed by atoms with Gasteiger partial charge in [-0.15, -0.1) is 10.2 Å². The van der Waals surface area contributed by atoms with E-state index < -0.39 is 0 Å². The summed E-state index contributed by atoms with van der Waals surface area (Å²) < 4.78 is 27.0. The number of H-pyrrole nitrogens is 4. The van der Waals surface area contributed by atoms with E-state index >= 15 is 0 Å². The topological polar surface area (TPSA) is 203 Å². The van der Waals surface area contributed by atoms with Crippen LogP contribution in [0.1, 0.15) is 44.5 Å². The van der Waals surface area contributed by atoms with Crippen molar-refractivity contribution in [3.63, 3.8) is 0 Å². The second kappa shape index (κ2) is 16.5. The summed E-state index contributed by atoms with van der Waals surface area (Å²) in [6, 6.07) is 31.6. The van der Waals surface area contributed by atoms with Crippen LogP contribution in [0.2, 0.25) is 0 Å². The molecule has 0 radical (unpaired) electrons. The van der Waals surface area contributed by atoms with E-state index in [0.717, 1.165) is 56.0 Å². The SMILES string of the molecule is Cc1cccc(C)c1Oc1cc2c3nc4n[nH]c(n4)nc4[nH]c(nc5nc(n[nH]5)nc([nH]3)c2cc1Oc1c(C)cccc1C)c1cc(Oc2c(C)cccc2C)c(Oc2c(C)cccc2C)cc41. The molecule has 0 amide bonds. The van der Waals surface area contributed by atoms with Gasteiger partial charge < -0.3 is 28.9 Å². The third-order valence-electron chi connectivity index (χ3n) is 11.9. The molecule has 6 aromatic carbocycles. The lowest BCUT2D eigenvalue weighted by molar-refractivity contribution is 0.413. The smallest absolute Gasteiger partial charge is 0.271 e. The maximum atomic E-state index is 6.75. The van der Waals surface area contributed by atoms with Crippen molar-refractivity contribution in [1.29, 1.82) is 0 Å². The van der Waals surface area contributed by atoms with Crippen LogP contribution in [-0.4, -0.2) is 60.3 Å². The molecule has 5 aromatic heterocycles. The summed E-state index contributed by atoms with van der Waals surface area (Å²) >= 11 is 0. The number of benzene rings is 6. The third-order valence-corrected chi connectivity index (χ3v) is 11.9. The Labute approximate surface area is 388 Å². The van der Waals surface area contributed by atoms with E-state index in [2.05, 4.69) is 30.4 Å². The predicted molar refractivity (Wildman–Crippen MR) is 262 cm³/mol. The molecule has 11 aromatic rings. The zero-order valence-corrected chi connectivity index (χ0v) is 38.4. The highest BCUT2D eigenvalue weighted by molar-refractivity contribution is 6.07. The van der Waals surface area contributed by atoms with Gasteiger partial charge in [0.1, 0.15) is 45.6 Å². The average molecular weight is 901 g/mol. The van der Waals surface area contributed by atoms with Crippen molar-refractivity contribution in [2.24, 2.45) is 0 Å². The van der Waals surface area contributed by atoms with Crippen LogP contribution in [0, 0.1) is 55.4 Å². The van der Waals surface area contributed by atoms with Gasteiger partial charge in [-0.3, -0.25) is 0 Å². The second-order valence-electron chi connectivity index (χ2n) is 17.0. The highest BCUT2D eigenvalue weighted by Crippen LogP contribution is 2.45. The summed E-state index contributed by atoms with van der Waals surface area (Å²) in [6.07, 6.45) is 0. The van der Waals surface area contributed by atoms with Crippen molar-refractivity contribution >= 4 is 67.2 Å². The Kier molecular flexibility index (Phi) is 10.1. The van der Waals surface area contributed by atoms with Crippen molar-refractivity contribution in [2.45, 2.75) is 55.4 Å². The maximum Gasteiger partial charge on any atom is 0.271 e. The molecule has 11 rings (SSSR count). The van der Waals surface area contributed by atoms with Gasteiger partial charge >= 0.3 is 0 Å². The number of aromatic amines is 4. The van der Waals surface area contributed by atoms with Crippen LogP contribution < -0.4 is 18.9 Å². The van der Waals surface area contributed by atoms with Crippen LogP contribution in [0.3, 0.4) is 0 Å². The van der Waals surface area contributed by atoms with E-state index in [1.807, 2.05) is 152 Å². The van der Waals surface area contributed by atoms with Gasteiger partial charge in [-0.1, -0.05) is 72.8 Å². The number of rotatable bonds is 8. The van der Waals surface area contributed by atoms with Gasteiger partial charge in [0.05, 0.1) is 0 Å². The van der Waals surface area contributed by atoms with Crippen LogP contribution in [-0.2, 0) is 0 Å². The van der Waals surface area contributed by atoms with Crippen molar-refractivity contribution in [3.05, 3.63) is 142 Å². The first-order valence-corrected chi connectivity index (χ1v) is 22.0. The second-order valence-corrected chi connectivity index (χ2v) is 17.0. The van der Waals surface area contributed by atoms with Crippen molar-refractivity contribution in [1.82, 2.24) is 60.3 Å². The summed E-state index contributed by atoms with van der Waals surface area (Å²) in [4.78, 5) is 35.8. The van der Waals surface area contributed by atoms with Crippen molar-refractivity contribution in [3.8, 4) is 46.0 Å². The zero-order valence-electron chi connectivity index (χ0n) is 38.4. The minimum atomic E-state index is 0.114. The van der Waals surface area contributed by atoms with Gasteiger partial charge in [-0.2, -0.15) is 29.9 Å². The molecule has 0 saturated heterocycles. The number of aryl methyl sites for hydroxylation is 8. The summed E-state index contributed by atoms with van der Waals surface area (Å²) in [5, 5.41) is 17.5. The molecule has 0 aliphatic heterocycles. The zero-order chi connectivity index (χ0) is 46.8. The van der Waals surface area contributed by atoms with Crippen LogP contribution in [0.15, 0.2) is 97.1 Å². The minimum Gasteiger partial charge on any atom is -0.453 e. The van der Waals surface area contributed by atoms with E-state index in [-0.39, 0.29) is 23.1 Å². The molecule has 0 aliphatic rings. The maximum absolute atomic E-state index is 6.75. The summed E-state index contributed by atoms with van der Waals surface area (Å²) in [6.45, 7) is 16.1. The number of ether oxygens (including phenoxy) is 4. The first-order chi connectivity index (χ1) is 32.9. The van der Waals surface area contributed by atoms with Gasteiger partial charge in [0.25, 0.3) is 11.6 Å². The standard InChI is InChI=1S/C52H44N12O4/c1-25-13-9-14-26(2)41(25)65-37-21-33-34(22-38(37)66-42-27(3)15-10-16-28(42)4)46-53-45(33)55-49-59-51(63-61-49)57-47-35-23-39(67-43-29(5)17-11-18-30(43)6)40(68-44-31(7)19-12-20-32(44)8)24-36(35)48(54-47)58-52-60-50(56-46)62-64-52/h9-24H,1-8H3,(H4,53,54,55,56,57,58,59,60,61,62,63,64). The van der Waals surface area contributed by atoms with Crippen molar-refractivity contribution < 1.29 is 18.9 Å². The number of aromatic nitrogens is 12. The lowest BCUT2D eigenvalue weighted by atomic mass is 10.1. The van der Waals surface area contributed by atoms with E-state index in [1.54, 1.807) is 0 Å². The number of hydrogen-bond donors (Lipinski definition) is 4. The Morgan fingerprint density at radius 1 is 0.324 bits per heavy atom. The Hall–Kier alpha value is -8.92. The highest BCUT2D eigenvalue weighted by atomic mass is 16.5. The van der Waals surface area contributed by atoms with Crippen LogP contribution in [0.5, 0.6) is 46.0 Å². The van der Waals surface area contributed by atoms with E-state index in [1.165, 1.54) is 0 Å². The van der Waals surface area contributed by atoms with Crippen LogP contribution in [0.4, 0.5) is 0 Å². The van der Waals surface area contributed by atoms with Gasteiger partial charge in [0.15, 0.2) is 23.0 Å². The van der Waals surface area contributed by atoms with E-state index in [4.69, 9.17) is 48.9 Å². The first-order valence-electron chi connectivity index (χ1n) is 22.0. The molecular weight excluding hydrogens is 857 g/mol. The number of nitrogens with one attached hydrogen (secondary N) is 4. The molecule has 4 N–H and O–H groups in total. The molecule has 16 nitrogen and oxygen atoms in total. The Bertz CT molecular complexity index is 3360. The van der Waals surface area contributed by atoms with Crippen LogP contribution >= 0.6 is 0 Å². The number of nitrogens with zero attached hydrogens (tertiary/aromatic N) is 8. The Morgan fingerprint density at radius 2 is 0.574 bits per heavy atom. The van der Waals surface area contributed by atoms with Gasteiger partial charge in [-0.25, -0.2) is 10.2 Å². The Balaban J connectivity index is 1.15. The molecule has 0 saturated carbocycles. The van der Waals surface area contributed by atoms with Gasteiger partial charge in [-0.05, 0) is 124 Å². The van der Waals surface area contributed by atoms with E-state index in [9.17, 15) is 0 Å². The molecule has 68 heavy (non-hydrogen) atoms. The number of hydrogen-bond acceptors (Lipinski definition) is 12. The quantitative estimate of drug-likeness (QED) is 0.112. The number of para-hydroxylation sites is 4. The molecule has 5 heterocycles. The fourth-order valence-electron chi connectivity index (χ4n) is 8.45. The molecule has 0 aliphatic carbocycles.